The molecule has 3 N–H and O–H groups in total. The summed E-state index contributed by atoms with van der Waals surface area (Å²) < 4.78 is 23.0. The van der Waals surface area contributed by atoms with Gasteiger partial charge in [-0.2, -0.15) is 0 Å². The summed E-state index contributed by atoms with van der Waals surface area (Å²) in [5.41, 5.74) is 5.89. The van der Waals surface area contributed by atoms with Crippen molar-refractivity contribution in [2.24, 2.45) is 5.73 Å². The number of sulfone groups is 1. The van der Waals surface area contributed by atoms with Crippen molar-refractivity contribution in [2.45, 2.75) is 24.9 Å². The van der Waals surface area contributed by atoms with Crippen LogP contribution in [0.4, 0.5) is 0 Å². The number of hydrogen-bond donors (Lipinski definition) is 2. The number of carbonyl (C=O) groups excluding carboxylic acids is 1. The molecule has 2 unspecified atom stereocenters. The highest BCUT2D eigenvalue weighted by atomic mass is 32.2. The first kappa shape index (κ1) is 14.0. The fourth-order valence-electron chi connectivity index (χ4n) is 2.30. The Balaban J connectivity index is 2.06. The van der Waals surface area contributed by atoms with E-state index in [0.29, 0.717) is 12.0 Å². The molecule has 6 heteroatoms. The lowest BCUT2D eigenvalue weighted by molar-refractivity contribution is -0.124. The largest absolute Gasteiger partial charge is 0.348 e. The molecule has 0 saturated carbocycles. The Morgan fingerprint density at radius 1 is 1.37 bits per heavy atom. The van der Waals surface area contributed by atoms with Crippen molar-refractivity contribution >= 4 is 15.7 Å². The normalized spacial score (nSPS) is 26.8. The van der Waals surface area contributed by atoms with Gasteiger partial charge in [-0.25, -0.2) is 8.42 Å². The Hall–Kier alpha value is -1.40. The number of benzene rings is 1. The highest BCUT2D eigenvalue weighted by Gasteiger charge is 2.40. The van der Waals surface area contributed by atoms with E-state index in [-0.39, 0.29) is 17.4 Å². The van der Waals surface area contributed by atoms with E-state index in [2.05, 4.69) is 5.32 Å². The number of carbonyl (C=O) groups is 1. The molecule has 5 nitrogen and oxygen atoms in total. The standard InChI is InChI=1S/C13H18N2O3S/c1-13(7-8-19(17,18)9-13)15-12(16)11(14)10-5-3-2-4-6-10/h2-6,11H,7-9,14H2,1H3,(H,15,16). The predicted molar refractivity (Wildman–Crippen MR) is 73.2 cm³/mol. The lowest BCUT2D eigenvalue weighted by Crippen LogP contribution is -2.50. The van der Waals surface area contributed by atoms with E-state index in [0.717, 1.165) is 0 Å². The van der Waals surface area contributed by atoms with Gasteiger partial charge in [-0.05, 0) is 18.9 Å². The van der Waals surface area contributed by atoms with Gasteiger partial charge in [0.15, 0.2) is 9.84 Å². The van der Waals surface area contributed by atoms with Crippen LogP contribution in [0.25, 0.3) is 0 Å². The lowest BCUT2D eigenvalue weighted by atomic mass is 10.00. The molecular formula is C13H18N2O3S. The van der Waals surface area contributed by atoms with Crippen molar-refractivity contribution < 1.29 is 13.2 Å². The molecule has 1 amide bonds. The second kappa shape index (κ2) is 4.94. The van der Waals surface area contributed by atoms with Gasteiger partial charge in [0.05, 0.1) is 17.0 Å². The lowest BCUT2D eigenvalue weighted by Gasteiger charge is -2.26. The topological polar surface area (TPSA) is 89.3 Å². The summed E-state index contributed by atoms with van der Waals surface area (Å²) in [4.78, 5) is 12.1. The summed E-state index contributed by atoms with van der Waals surface area (Å²) in [6, 6.07) is 8.24. The number of nitrogens with two attached hydrogens (primary N) is 1. The first-order valence-electron chi connectivity index (χ1n) is 6.14. The van der Waals surface area contributed by atoms with Crippen molar-refractivity contribution in [2.75, 3.05) is 11.5 Å². The predicted octanol–water partition coefficient (Wildman–Crippen LogP) is 0.380. The van der Waals surface area contributed by atoms with Crippen LogP contribution in [-0.2, 0) is 14.6 Å². The van der Waals surface area contributed by atoms with E-state index in [4.69, 9.17) is 5.73 Å². The van der Waals surface area contributed by atoms with Gasteiger partial charge in [-0.15, -0.1) is 0 Å². The van der Waals surface area contributed by atoms with Gasteiger partial charge in [0.2, 0.25) is 5.91 Å². The minimum Gasteiger partial charge on any atom is -0.348 e. The average Bonchev–Trinajstić information content (AvgIpc) is 2.63. The van der Waals surface area contributed by atoms with E-state index in [1.165, 1.54) is 0 Å². The first-order chi connectivity index (χ1) is 8.81. The van der Waals surface area contributed by atoms with Crippen LogP contribution in [0.5, 0.6) is 0 Å². The molecule has 1 aliphatic heterocycles. The van der Waals surface area contributed by atoms with Crippen LogP contribution >= 0.6 is 0 Å². The molecule has 1 fully saturated rings. The van der Waals surface area contributed by atoms with Crippen molar-refractivity contribution in [3.8, 4) is 0 Å². The van der Waals surface area contributed by atoms with Crippen LogP contribution in [-0.4, -0.2) is 31.4 Å². The summed E-state index contributed by atoms with van der Waals surface area (Å²) in [5.74, 6) is -0.247. The molecule has 1 aliphatic rings. The SMILES string of the molecule is CC1(NC(=O)C(N)c2ccccc2)CCS(=O)(=O)C1. The van der Waals surface area contributed by atoms with E-state index in [9.17, 15) is 13.2 Å². The fraction of sp³-hybridized carbons (Fsp3) is 0.462. The van der Waals surface area contributed by atoms with Crippen molar-refractivity contribution in [1.29, 1.82) is 0 Å². The van der Waals surface area contributed by atoms with Crippen LogP contribution < -0.4 is 11.1 Å². The van der Waals surface area contributed by atoms with Gasteiger partial charge < -0.3 is 11.1 Å². The zero-order chi connectivity index (χ0) is 14.1. The van der Waals surface area contributed by atoms with Crippen LogP contribution in [0.3, 0.4) is 0 Å². The van der Waals surface area contributed by atoms with E-state index in [1.54, 1.807) is 19.1 Å². The maximum Gasteiger partial charge on any atom is 0.241 e. The Morgan fingerprint density at radius 3 is 2.53 bits per heavy atom. The zero-order valence-electron chi connectivity index (χ0n) is 10.8. The molecule has 2 atom stereocenters. The monoisotopic (exact) mass is 282 g/mol. The number of rotatable bonds is 3. The van der Waals surface area contributed by atoms with E-state index < -0.39 is 21.4 Å². The Bertz CT molecular complexity index is 571. The van der Waals surface area contributed by atoms with Gasteiger partial charge in [0.25, 0.3) is 0 Å². The summed E-state index contributed by atoms with van der Waals surface area (Å²) >= 11 is 0. The summed E-state index contributed by atoms with van der Waals surface area (Å²) in [7, 11) is -3.05. The maximum atomic E-state index is 12.1. The minimum absolute atomic E-state index is 0.0206. The summed E-state index contributed by atoms with van der Waals surface area (Å²) in [5, 5.41) is 2.77. The Morgan fingerprint density at radius 2 is 2.00 bits per heavy atom. The van der Waals surface area contributed by atoms with Crippen LogP contribution in [0.2, 0.25) is 0 Å². The third kappa shape index (κ3) is 3.33. The van der Waals surface area contributed by atoms with Gasteiger partial charge >= 0.3 is 0 Å². The van der Waals surface area contributed by atoms with E-state index in [1.807, 2.05) is 18.2 Å². The molecule has 19 heavy (non-hydrogen) atoms. The average molecular weight is 282 g/mol. The smallest absolute Gasteiger partial charge is 0.241 e. The van der Waals surface area contributed by atoms with Gasteiger partial charge in [-0.3, -0.25) is 4.79 Å². The van der Waals surface area contributed by atoms with Crippen molar-refractivity contribution in [3.63, 3.8) is 0 Å². The molecule has 0 aliphatic carbocycles. The molecule has 1 aromatic carbocycles. The van der Waals surface area contributed by atoms with E-state index >= 15 is 0 Å². The highest BCUT2D eigenvalue weighted by molar-refractivity contribution is 7.91. The summed E-state index contributed by atoms with van der Waals surface area (Å²) in [6.45, 7) is 1.74. The fourth-order valence-corrected chi connectivity index (χ4v) is 4.39. The molecule has 0 spiro atoms. The minimum atomic E-state index is -3.05. The zero-order valence-corrected chi connectivity index (χ0v) is 11.6. The summed E-state index contributed by atoms with van der Waals surface area (Å²) in [6.07, 6.45) is 0.433. The Kier molecular flexibility index (Phi) is 3.64. The molecule has 1 heterocycles. The van der Waals surface area contributed by atoms with Crippen LogP contribution in [0, 0.1) is 0 Å². The van der Waals surface area contributed by atoms with Crippen molar-refractivity contribution in [3.05, 3.63) is 35.9 Å². The van der Waals surface area contributed by atoms with Crippen LogP contribution in [0.15, 0.2) is 30.3 Å². The molecular weight excluding hydrogens is 264 g/mol. The number of amides is 1. The quantitative estimate of drug-likeness (QED) is 0.838. The maximum absolute atomic E-state index is 12.1. The number of nitrogens with one attached hydrogen (secondary N) is 1. The molecule has 0 aromatic heterocycles. The third-order valence-electron chi connectivity index (χ3n) is 3.37. The molecule has 104 valence electrons. The molecule has 0 bridgehead atoms. The van der Waals surface area contributed by atoms with Crippen molar-refractivity contribution in [1.82, 2.24) is 5.32 Å². The Labute approximate surface area is 113 Å². The third-order valence-corrected chi connectivity index (χ3v) is 5.27. The molecule has 2 rings (SSSR count). The molecule has 0 radical (unpaired) electrons. The molecule has 1 aromatic rings. The van der Waals surface area contributed by atoms with Crippen LogP contribution in [0.1, 0.15) is 24.9 Å². The van der Waals surface area contributed by atoms with Gasteiger partial charge in [0.1, 0.15) is 6.04 Å². The van der Waals surface area contributed by atoms with Gasteiger partial charge in [0, 0.05) is 0 Å². The number of hydrogen-bond acceptors (Lipinski definition) is 4. The highest BCUT2D eigenvalue weighted by Crippen LogP contribution is 2.23. The second-order valence-corrected chi connectivity index (χ2v) is 7.46. The van der Waals surface area contributed by atoms with Gasteiger partial charge in [-0.1, -0.05) is 30.3 Å². The molecule has 1 saturated heterocycles. The second-order valence-electron chi connectivity index (χ2n) is 5.28. The first-order valence-corrected chi connectivity index (χ1v) is 7.96.